The molecule has 4 heteroatoms. The molecule has 0 saturated carbocycles. The summed E-state index contributed by atoms with van der Waals surface area (Å²) in [5.41, 5.74) is 4.32. The summed E-state index contributed by atoms with van der Waals surface area (Å²) in [5.74, 6) is -0.189. The Labute approximate surface area is 194 Å². The first kappa shape index (κ1) is 25.8. The van der Waals surface area contributed by atoms with E-state index in [0.717, 1.165) is 36.2 Å². The Hall–Kier alpha value is -2.49. The van der Waals surface area contributed by atoms with E-state index in [0.29, 0.717) is 0 Å². The van der Waals surface area contributed by atoms with Gasteiger partial charge in [0.25, 0.3) is 0 Å². The summed E-state index contributed by atoms with van der Waals surface area (Å²) in [7, 11) is 0. The Bertz CT molecular complexity index is 828. The van der Waals surface area contributed by atoms with Crippen LogP contribution in [0.4, 0.5) is 0 Å². The summed E-state index contributed by atoms with van der Waals surface area (Å²) in [4.78, 5) is 20.2. The molecule has 0 aliphatic heterocycles. The van der Waals surface area contributed by atoms with Crippen LogP contribution in [0.1, 0.15) is 101 Å². The summed E-state index contributed by atoms with van der Waals surface area (Å²) in [6.45, 7) is 4.47. The number of unbranched alkanes of at least 4 members (excludes halogenated alkanes) is 9. The SMILES string of the molecule is CCCCCCCCc1cc(-c2ncc(CCCCCCC)cn2)ccc1/C=C/C(=O)O. The van der Waals surface area contributed by atoms with Gasteiger partial charge in [-0.15, -0.1) is 0 Å². The maximum atomic E-state index is 11.0. The maximum Gasteiger partial charge on any atom is 0.328 e. The van der Waals surface area contributed by atoms with Gasteiger partial charge < -0.3 is 5.11 Å². The normalized spacial score (nSPS) is 11.3. The summed E-state index contributed by atoms with van der Waals surface area (Å²) < 4.78 is 0. The average Bonchev–Trinajstić information content (AvgIpc) is 2.80. The maximum absolute atomic E-state index is 11.0. The lowest BCUT2D eigenvalue weighted by Crippen LogP contribution is -1.97. The molecule has 4 nitrogen and oxygen atoms in total. The van der Waals surface area contributed by atoms with Gasteiger partial charge in [0.1, 0.15) is 0 Å². The molecule has 0 saturated heterocycles. The molecule has 0 atom stereocenters. The molecule has 0 fully saturated rings. The van der Waals surface area contributed by atoms with E-state index < -0.39 is 5.97 Å². The molecule has 1 N–H and O–H groups in total. The van der Waals surface area contributed by atoms with Gasteiger partial charge in [0.15, 0.2) is 5.82 Å². The molecule has 0 bridgehead atoms. The van der Waals surface area contributed by atoms with E-state index in [1.54, 1.807) is 6.08 Å². The summed E-state index contributed by atoms with van der Waals surface area (Å²) in [6, 6.07) is 6.12. The smallest absolute Gasteiger partial charge is 0.328 e. The van der Waals surface area contributed by atoms with Gasteiger partial charge in [-0.1, -0.05) is 83.8 Å². The number of nitrogens with zero attached hydrogens (tertiary/aromatic N) is 2. The van der Waals surface area contributed by atoms with Gasteiger partial charge in [0.05, 0.1) is 0 Å². The number of hydrogen-bond donors (Lipinski definition) is 1. The lowest BCUT2D eigenvalue weighted by Gasteiger charge is -2.10. The van der Waals surface area contributed by atoms with E-state index in [-0.39, 0.29) is 0 Å². The predicted octanol–water partition coefficient (Wildman–Crippen LogP) is 7.66. The van der Waals surface area contributed by atoms with Gasteiger partial charge in [0, 0.05) is 24.0 Å². The van der Waals surface area contributed by atoms with Crippen LogP contribution in [0.5, 0.6) is 0 Å². The molecule has 0 aliphatic rings. The van der Waals surface area contributed by atoms with Crippen LogP contribution < -0.4 is 0 Å². The van der Waals surface area contributed by atoms with Gasteiger partial charge in [-0.2, -0.15) is 0 Å². The number of carboxylic acids is 1. The zero-order valence-corrected chi connectivity index (χ0v) is 20.0. The van der Waals surface area contributed by atoms with Crippen molar-refractivity contribution < 1.29 is 9.90 Å². The second-order valence-corrected chi connectivity index (χ2v) is 8.68. The molecule has 1 heterocycles. The van der Waals surface area contributed by atoms with Crippen LogP contribution in [0.3, 0.4) is 0 Å². The zero-order valence-electron chi connectivity index (χ0n) is 20.0. The third-order valence-corrected chi connectivity index (χ3v) is 5.88. The predicted molar refractivity (Wildman–Crippen MR) is 134 cm³/mol. The van der Waals surface area contributed by atoms with Crippen molar-refractivity contribution in [1.82, 2.24) is 9.97 Å². The fraction of sp³-hybridized carbons (Fsp3) is 0.536. The summed E-state index contributed by atoms with van der Waals surface area (Å²) >= 11 is 0. The van der Waals surface area contributed by atoms with Crippen molar-refractivity contribution in [3.05, 3.63) is 53.4 Å². The van der Waals surface area contributed by atoms with E-state index in [9.17, 15) is 4.79 Å². The van der Waals surface area contributed by atoms with Crippen LogP contribution in [0.15, 0.2) is 36.7 Å². The van der Waals surface area contributed by atoms with Crippen molar-refractivity contribution >= 4 is 12.0 Å². The second kappa shape index (κ2) is 15.3. The molecule has 174 valence electrons. The van der Waals surface area contributed by atoms with Crippen molar-refractivity contribution in [3.63, 3.8) is 0 Å². The van der Waals surface area contributed by atoms with Crippen molar-refractivity contribution in [1.29, 1.82) is 0 Å². The number of carbonyl (C=O) groups is 1. The minimum atomic E-state index is -0.923. The number of carboxylic acid groups (broad SMARTS) is 1. The standard InChI is InChI=1S/C28H40N2O2/c1-3-5-7-9-11-13-15-25-20-26(17-16-24(25)18-19-27(31)32)28-29-21-23(22-30-28)14-12-10-8-6-4-2/h16-22H,3-15H2,1-2H3,(H,31,32)/b19-18+. The van der Waals surface area contributed by atoms with Crippen LogP contribution >= 0.6 is 0 Å². The van der Waals surface area contributed by atoms with Crippen molar-refractivity contribution in [2.75, 3.05) is 0 Å². The van der Waals surface area contributed by atoms with Gasteiger partial charge in [-0.3, -0.25) is 0 Å². The highest BCUT2D eigenvalue weighted by Gasteiger charge is 2.07. The number of aromatic nitrogens is 2. The highest BCUT2D eigenvalue weighted by molar-refractivity contribution is 5.85. The monoisotopic (exact) mass is 436 g/mol. The molecule has 0 radical (unpaired) electrons. The number of rotatable bonds is 16. The molecule has 32 heavy (non-hydrogen) atoms. The Morgan fingerprint density at radius 3 is 2.06 bits per heavy atom. The minimum absolute atomic E-state index is 0.734. The van der Waals surface area contributed by atoms with E-state index >= 15 is 0 Å². The van der Waals surface area contributed by atoms with Gasteiger partial charge in [0.2, 0.25) is 0 Å². The molecule has 0 aliphatic carbocycles. The lowest BCUT2D eigenvalue weighted by atomic mass is 9.97. The molecule has 1 aromatic carbocycles. The summed E-state index contributed by atoms with van der Waals surface area (Å²) in [6.07, 6.45) is 22.6. The van der Waals surface area contributed by atoms with Crippen LogP contribution in [-0.4, -0.2) is 21.0 Å². The molecular formula is C28H40N2O2. The van der Waals surface area contributed by atoms with E-state index in [4.69, 9.17) is 5.11 Å². The first-order valence-electron chi connectivity index (χ1n) is 12.5. The van der Waals surface area contributed by atoms with Gasteiger partial charge >= 0.3 is 5.97 Å². The minimum Gasteiger partial charge on any atom is -0.478 e. The first-order chi connectivity index (χ1) is 15.6. The molecule has 1 aromatic heterocycles. The molecule has 0 amide bonds. The van der Waals surface area contributed by atoms with Crippen molar-refractivity contribution in [2.45, 2.75) is 97.3 Å². The van der Waals surface area contributed by atoms with Gasteiger partial charge in [-0.05, 0) is 54.5 Å². The molecule has 0 unspecified atom stereocenters. The topological polar surface area (TPSA) is 63.1 Å². The van der Waals surface area contributed by atoms with Crippen LogP contribution in [0.2, 0.25) is 0 Å². The largest absolute Gasteiger partial charge is 0.478 e. The molecule has 2 aromatic rings. The Morgan fingerprint density at radius 1 is 0.844 bits per heavy atom. The zero-order chi connectivity index (χ0) is 23.0. The molecule has 0 spiro atoms. The van der Waals surface area contributed by atoms with Crippen molar-refractivity contribution in [3.8, 4) is 11.4 Å². The average molecular weight is 437 g/mol. The summed E-state index contributed by atoms with van der Waals surface area (Å²) in [5, 5.41) is 9.02. The Kier molecular flexibility index (Phi) is 12.3. The van der Waals surface area contributed by atoms with Gasteiger partial charge in [-0.25, -0.2) is 14.8 Å². The quantitative estimate of drug-likeness (QED) is 0.217. The third-order valence-electron chi connectivity index (χ3n) is 5.88. The molecule has 2 rings (SSSR count). The third kappa shape index (κ3) is 9.76. The fourth-order valence-electron chi connectivity index (χ4n) is 3.95. The van der Waals surface area contributed by atoms with E-state index in [1.807, 2.05) is 24.5 Å². The Morgan fingerprint density at radius 2 is 1.44 bits per heavy atom. The number of benzene rings is 1. The van der Waals surface area contributed by atoms with Crippen molar-refractivity contribution in [2.24, 2.45) is 0 Å². The number of hydrogen-bond acceptors (Lipinski definition) is 3. The van der Waals surface area contributed by atoms with E-state index in [2.05, 4.69) is 29.9 Å². The lowest BCUT2D eigenvalue weighted by molar-refractivity contribution is -0.131. The van der Waals surface area contributed by atoms with E-state index in [1.165, 1.54) is 81.4 Å². The molecular weight excluding hydrogens is 396 g/mol. The fourth-order valence-corrected chi connectivity index (χ4v) is 3.95. The van der Waals surface area contributed by atoms with Crippen LogP contribution in [-0.2, 0) is 17.6 Å². The Balaban J connectivity index is 2.04. The second-order valence-electron chi connectivity index (χ2n) is 8.68. The highest BCUT2D eigenvalue weighted by atomic mass is 16.4. The number of aliphatic carboxylic acids is 1. The first-order valence-corrected chi connectivity index (χ1v) is 12.5. The highest BCUT2D eigenvalue weighted by Crippen LogP contribution is 2.23. The van der Waals surface area contributed by atoms with Crippen LogP contribution in [0.25, 0.3) is 17.5 Å². The van der Waals surface area contributed by atoms with Crippen LogP contribution in [0, 0.1) is 0 Å². The number of aryl methyl sites for hydroxylation is 2.